The summed E-state index contributed by atoms with van der Waals surface area (Å²) in [7, 11) is 6.94. The maximum atomic E-state index is 11.9. The van der Waals surface area contributed by atoms with E-state index >= 15 is 0 Å². The second-order valence-electron chi connectivity index (χ2n) is 8.70. The highest BCUT2D eigenvalue weighted by Crippen LogP contribution is 2.17. The van der Waals surface area contributed by atoms with Gasteiger partial charge in [-0.05, 0) is 61.1 Å². The number of benzene rings is 2. The summed E-state index contributed by atoms with van der Waals surface area (Å²) in [6.07, 6.45) is 6.79. The van der Waals surface area contributed by atoms with E-state index in [1.54, 1.807) is 0 Å². The van der Waals surface area contributed by atoms with E-state index in [0.29, 0.717) is 11.5 Å². The van der Waals surface area contributed by atoms with Crippen molar-refractivity contribution < 1.29 is 18.8 Å². The van der Waals surface area contributed by atoms with Crippen molar-refractivity contribution in [1.29, 1.82) is 0 Å². The van der Waals surface area contributed by atoms with Gasteiger partial charge in [0.1, 0.15) is 11.5 Å². The van der Waals surface area contributed by atoms with Gasteiger partial charge < -0.3 is 18.8 Å². The van der Waals surface area contributed by atoms with E-state index in [1.807, 2.05) is 48.5 Å². The van der Waals surface area contributed by atoms with E-state index in [2.05, 4.69) is 42.0 Å². The van der Waals surface area contributed by atoms with Gasteiger partial charge in [0.05, 0.1) is 28.2 Å². The van der Waals surface area contributed by atoms with E-state index in [-0.39, 0.29) is 0 Å². The lowest BCUT2D eigenvalue weighted by molar-refractivity contribution is -0.849. The number of hydrogen-bond acceptors (Lipinski definition) is 3. The van der Waals surface area contributed by atoms with Crippen molar-refractivity contribution in [2.75, 3.05) is 28.2 Å². The molecule has 4 nitrogen and oxygen atoms in total. The third-order valence-electron chi connectivity index (χ3n) is 3.95. The van der Waals surface area contributed by atoms with Crippen LogP contribution >= 0.6 is 0 Å². The van der Waals surface area contributed by atoms with Crippen molar-refractivity contribution >= 4 is 7.32 Å². The third-order valence-corrected chi connectivity index (χ3v) is 3.95. The first-order valence-corrected chi connectivity index (χ1v) is 10.7. The third kappa shape index (κ3) is 13.0. The summed E-state index contributed by atoms with van der Waals surface area (Å²) in [6.45, 7) is 4.35. The lowest BCUT2D eigenvalue weighted by Gasteiger charge is -2.21. The number of hydrogen-bond donors (Lipinski definition) is 0. The molecule has 29 heavy (non-hydrogen) atoms. The average Bonchev–Trinajstić information content (AvgIpc) is 2.65. The van der Waals surface area contributed by atoms with Crippen LogP contribution in [0.5, 0.6) is 11.5 Å². The number of aryl methyl sites for hydroxylation is 2. The molecule has 0 aliphatic heterocycles. The first kappa shape index (κ1) is 25.1. The van der Waals surface area contributed by atoms with Crippen LogP contribution in [0.2, 0.25) is 0 Å². The molecule has 0 amide bonds. The largest absolute Gasteiger partial charge is 0.808 e. The molecule has 0 radical (unpaired) electrons. The summed E-state index contributed by atoms with van der Waals surface area (Å²) < 4.78 is 11.6. The molecule has 0 atom stereocenters. The Labute approximate surface area is 178 Å². The topological polar surface area (TPSA) is 41.5 Å². The Bertz CT molecular complexity index is 607. The summed E-state index contributed by atoms with van der Waals surface area (Å²) >= 11 is 0. The molecule has 0 saturated heterocycles. The van der Waals surface area contributed by atoms with Gasteiger partial charge in [-0.1, -0.05) is 51.0 Å². The molecule has 0 N–H and O–H groups in total. The first-order valence-electron chi connectivity index (χ1n) is 10.7. The molecule has 0 bridgehead atoms. The first-order chi connectivity index (χ1) is 13.7. The van der Waals surface area contributed by atoms with Crippen molar-refractivity contribution in [3.63, 3.8) is 0 Å². The number of rotatable bonds is 10. The molecule has 0 heterocycles. The number of quaternary nitrogens is 1. The molecule has 2 aromatic carbocycles. The molecule has 0 saturated carbocycles. The van der Waals surface area contributed by atoms with Crippen LogP contribution in [0.15, 0.2) is 48.5 Å². The predicted octanol–water partition coefficient (Wildman–Crippen LogP) is 4.50. The highest BCUT2D eigenvalue weighted by molar-refractivity contribution is 6.34. The van der Waals surface area contributed by atoms with E-state index in [4.69, 9.17) is 9.31 Å². The lowest BCUT2D eigenvalue weighted by Crippen LogP contribution is -2.43. The Morgan fingerprint density at radius 2 is 1.00 bits per heavy atom. The van der Waals surface area contributed by atoms with Crippen LogP contribution in [-0.2, 0) is 12.8 Å². The molecule has 5 heteroatoms. The Kier molecular flexibility index (Phi) is 11.5. The normalized spacial score (nSPS) is 10.7. The van der Waals surface area contributed by atoms with Gasteiger partial charge in [0, 0.05) is 0 Å². The Morgan fingerprint density at radius 1 is 0.690 bits per heavy atom. The van der Waals surface area contributed by atoms with Crippen LogP contribution in [0.1, 0.15) is 50.7 Å². The van der Waals surface area contributed by atoms with Gasteiger partial charge in [0.2, 0.25) is 0 Å². The summed E-state index contributed by atoms with van der Waals surface area (Å²) in [5.41, 5.74) is 2.52. The van der Waals surface area contributed by atoms with E-state index in [0.717, 1.165) is 17.3 Å². The highest BCUT2D eigenvalue weighted by Gasteiger charge is 2.07. The van der Waals surface area contributed by atoms with Crippen LogP contribution in [-0.4, -0.2) is 40.0 Å². The van der Waals surface area contributed by atoms with Gasteiger partial charge in [0.25, 0.3) is 0 Å². The average molecular weight is 399 g/mol. The number of nitrogens with zero attached hydrogens (tertiary/aromatic N) is 1. The van der Waals surface area contributed by atoms with Crippen molar-refractivity contribution in [2.45, 2.75) is 52.4 Å². The molecule has 160 valence electrons. The second-order valence-corrected chi connectivity index (χ2v) is 8.70. The van der Waals surface area contributed by atoms with Gasteiger partial charge in [-0.3, -0.25) is 0 Å². The van der Waals surface area contributed by atoms with E-state index in [9.17, 15) is 5.02 Å². The molecule has 0 aliphatic rings. The smallest absolute Gasteiger partial charge is 0.492 e. The predicted molar refractivity (Wildman–Crippen MR) is 121 cm³/mol. The molecule has 2 aromatic rings. The fourth-order valence-electron chi connectivity index (χ4n) is 2.48. The molecule has 0 fully saturated rings. The second kappa shape index (κ2) is 13.3. The maximum Gasteiger partial charge on any atom is 0.492 e. The van der Waals surface area contributed by atoms with Gasteiger partial charge >= 0.3 is 7.32 Å². The molecule has 0 spiro atoms. The van der Waals surface area contributed by atoms with Gasteiger partial charge in [-0.25, -0.2) is 0 Å². The maximum absolute atomic E-state index is 11.9. The molecular weight excluding hydrogens is 361 g/mol. The highest BCUT2D eigenvalue weighted by atomic mass is 16.7. The summed E-state index contributed by atoms with van der Waals surface area (Å²) in [5, 5.41) is 11.9. The van der Waals surface area contributed by atoms with Gasteiger partial charge in [-0.2, -0.15) is 0 Å². The van der Waals surface area contributed by atoms with Crippen LogP contribution < -0.4 is 14.3 Å². The Hall–Kier alpha value is -1.98. The standard InChI is InChI=1S/C20H26BO3.C4H12N/c1-3-5-7-17-9-13-19(14-10-17)23-21(22)24-20-15-11-18(12-16-20)8-6-4-2;1-5(2,3)4/h9-16H,3-8H2,1-2H3;1-4H3/q-1;+1. The summed E-state index contributed by atoms with van der Waals surface area (Å²) in [5.74, 6) is 1.07. The van der Waals surface area contributed by atoms with Crippen molar-refractivity contribution in [2.24, 2.45) is 0 Å². The van der Waals surface area contributed by atoms with Gasteiger partial charge in [0.15, 0.2) is 0 Å². The fourth-order valence-corrected chi connectivity index (χ4v) is 2.48. The zero-order valence-electron chi connectivity index (χ0n) is 19.1. The van der Waals surface area contributed by atoms with Crippen molar-refractivity contribution in [1.82, 2.24) is 0 Å². The van der Waals surface area contributed by atoms with Crippen LogP contribution in [0.4, 0.5) is 0 Å². The zero-order valence-corrected chi connectivity index (χ0v) is 19.1. The van der Waals surface area contributed by atoms with Crippen LogP contribution in [0, 0.1) is 0 Å². The van der Waals surface area contributed by atoms with Gasteiger partial charge in [-0.15, -0.1) is 0 Å². The monoisotopic (exact) mass is 399 g/mol. The van der Waals surface area contributed by atoms with Crippen LogP contribution in [0.25, 0.3) is 0 Å². The van der Waals surface area contributed by atoms with E-state index in [1.165, 1.54) is 36.8 Å². The molecule has 2 rings (SSSR count). The van der Waals surface area contributed by atoms with Crippen molar-refractivity contribution in [3.8, 4) is 11.5 Å². The molecule has 0 unspecified atom stereocenters. The minimum atomic E-state index is -1.56. The molecular formula is C24H38BNO3. The molecule has 0 aliphatic carbocycles. The minimum absolute atomic E-state index is 0.537. The quantitative estimate of drug-likeness (QED) is 0.437. The zero-order chi connectivity index (χ0) is 21.7. The SMILES string of the molecule is CCCCc1ccc(OB([O-])Oc2ccc(CCCC)cc2)cc1.C[N+](C)(C)C. The van der Waals surface area contributed by atoms with E-state index < -0.39 is 7.32 Å². The lowest BCUT2D eigenvalue weighted by atomic mass is 10.1. The molecule has 0 aromatic heterocycles. The Morgan fingerprint density at radius 3 is 1.28 bits per heavy atom. The fraction of sp³-hybridized carbons (Fsp3) is 0.500. The minimum Gasteiger partial charge on any atom is -0.808 e. The summed E-state index contributed by atoms with van der Waals surface area (Å²) in [6, 6.07) is 15.3. The Balaban J connectivity index is 0.000000749. The number of unbranched alkanes of at least 4 members (excludes halogenated alkanes) is 2. The van der Waals surface area contributed by atoms with Crippen molar-refractivity contribution in [3.05, 3.63) is 59.7 Å². The summed E-state index contributed by atoms with van der Waals surface area (Å²) in [4.78, 5) is 0. The van der Waals surface area contributed by atoms with Crippen LogP contribution in [0.3, 0.4) is 0 Å².